The van der Waals surface area contributed by atoms with Gasteiger partial charge in [0.05, 0.1) is 6.10 Å². The van der Waals surface area contributed by atoms with E-state index in [4.69, 9.17) is 16.3 Å². The van der Waals surface area contributed by atoms with Gasteiger partial charge in [0.15, 0.2) is 23.7 Å². The van der Waals surface area contributed by atoms with E-state index >= 15 is 4.39 Å². The first-order valence-corrected chi connectivity index (χ1v) is 12.5. The first-order valence-electron chi connectivity index (χ1n) is 15.0. The predicted molar refractivity (Wildman–Crippen MR) is 128 cm³/mol. The fourth-order valence-electron chi connectivity index (χ4n) is 7.92. The average molecular weight is 510 g/mol. The van der Waals surface area contributed by atoms with Crippen molar-refractivity contribution in [2.45, 2.75) is 90.4 Å². The van der Waals surface area contributed by atoms with E-state index in [0.29, 0.717) is 12.0 Å². The Morgan fingerprint density at radius 3 is 2.67 bits per heavy atom. The number of carbonyl (C=O) groups excluding carboxylic acids is 4. The number of Topliss-reactive ketones (excluding diaryl/α,β-unsaturated/α-hetero) is 1. The molecule has 0 aliphatic heterocycles. The number of ether oxygens (including phenoxy) is 2. The number of hydrogen-bond donors (Lipinski definition) is 1. The van der Waals surface area contributed by atoms with Gasteiger partial charge < -0.3 is 14.6 Å². The summed E-state index contributed by atoms with van der Waals surface area (Å²) in [6, 6.07) is 0. The summed E-state index contributed by atoms with van der Waals surface area (Å²) in [7, 11) is 0. The molecule has 3 saturated carbocycles. The molecule has 4 aliphatic carbocycles. The Kier molecular flexibility index (Phi) is 5.11. The first kappa shape index (κ1) is 20.7. The fourth-order valence-corrected chi connectivity index (χ4v) is 7.92. The molecule has 8 heteroatoms. The number of aliphatic hydroxyl groups is 1. The molecule has 0 aromatic carbocycles. The van der Waals surface area contributed by atoms with Crippen molar-refractivity contribution in [1.82, 2.24) is 0 Å². The number of allylic oxidation sites excluding steroid dienone is 4. The number of hydrogen-bond acceptors (Lipinski definition) is 7. The Balaban J connectivity index is 1.75. The lowest BCUT2D eigenvalue weighted by molar-refractivity contribution is -0.228. The molecule has 0 aromatic heterocycles. The van der Waals surface area contributed by atoms with Crippen LogP contribution in [0.4, 0.5) is 4.39 Å². The highest BCUT2D eigenvalue weighted by Crippen LogP contribution is 2.71. The number of ketones is 2. The molecule has 1 N–H and O–H groups in total. The van der Waals surface area contributed by atoms with Gasteiger partial charge in [-0.15, -0.1) is 0 Å². The molecule has 7 nitrogen and oxygen atoms in total. The number of carbonyl (C=O) groups is 4. The smallest absolute Gasteiger partial charge is 0.306 e. The lowest BCUT2D eigenvalue weighted by Gasteiger charge is -2.62. The summed E-state index contributed by atoms with van der Waals surface area (Å²) < 4.78 is 65.4. The van der Waals surface area contributed by atoms with Crippen molar-refractivity contribution in [3.05, 3.63) is 23.8 Å². The van der Waals surface area contributed by atoms with Gasteiger partial charge >= 0.3 is 11.9 Å². The summed E-state index contributed by atoms with van der Waals surface area (Å²) in [5, 5.41) is 11.6. The van der Waals surface area contributed by atoms with Crippen molar-refractivity contribution >= 4 is 23.5 Å². The van der Waals surface area contributed by atoms with Crippen LogP contribution in [0.15, 0.2) is 23.8 Å². The minimum absolute atomic E-state index is 0.103. The molecule has 0 heterocycles. The van der Waals surface area contributed by atoms with E-state index in [9.17, 15) is 24.3 Å². The number of fused-ring (bicyclic) bond motifs is 5. The number of aliphatic hydroxyl groups excluding tert-OH is 1. The van der Waals surface area contributed by atoms with E-state index in [1.54, 1.807) is 20.8 Å². The number of rotatable bonds is 6. The Labute approximate surface area is 218 Å². The van der Waals surface area contributed by atoms with Crippen LogP contribution in [0.5, 0.6) is 0 Å². The molecule has 3 fully saturated rings. The number of alkyl halides is 1. The van der Waals surface area contributed by atoms with Crippen LogP contribution < -0.4 is 0 Å². The third kappa shape index (κ3) is 3.39. The molecule has 0 saturated heterocycles. The third-order valence-corrected chi connectivity index (χ3v) is 9.60. The van der Waals surface area contributed by atoms with Gasteiger partial charge in [0, 0.05) is 42.3 Å². The van der Waals surface area contributed by atoms with Crippen molar-refractivity contribution < 1.29 is 45.0 Å². The lowest BCUT2D eigenvalue weighted by Crippen LogP contribution is -2.70. The molecular formula is C28H37FO7. The predicted octanol–water partition coefficient (Wildman–Crippen LogP) is 3.82. The zero-order valence-electron chi connectivity index (χ0n) is 26.1. The normalized spacial score (nSPS) is 45.9. The van der Waals surface area contributed by atoms with Crippen molar-refractivity contribution in [1.29, 1.82) is 0 Å². The molecule has 0 aromatic rings. The van der Waals surface area contributed by atoms with Crippen LogP contribution in [0.1, 0.15) is 79.9 Å². The Hall–Kier alpha value is -2.35. The van der Waals surface area contributed by atoms with Gasteiger partial charge in [-0.2, -0.15) is 0 Å². The van der Waals surface area contributed by atoms with Gasteiger partial charge in [0.1, 0.15) is 0 Å². The van der Waals surface area contributed by atoms with Crippen LogP contribution in [0, 0.1) is 28.6 Å². The molecular weight excluding hydrogens is 467 g/mol. The monoisotopic (exact) mass is 509 g/mol. The summed E-state index contributed by atoms with van der Waals surface area (Å²) in [5.74, 6) is -5.69. The van der Waals surface area contributed by atoms with E-state index in [-0.39, 0.29) is 31.5 Å². The second-order valence-corrected chi connectivity index (χ2v) is 11.1. The quantitative estimate of drug-likeness (QED) is 0.543. The highest BCUT2D eigenvalue weighted by atomic mass is 19.1. The highest BCUT2D eigenvalue weighted by Gasteiger charge is 2.77. The summed E-state index contributed by atoms with van der Waals surface area (Å²) in [4.78, 5) is 51.2. The Morgan fingerprint density at radius 1 is 1.28 bits per heavy atom. The van der Waals surface area contributed by atoms with Crippen LogP contribution in [0.2, 0.25) is 0 Å². The van der Waals surface area contributed by atoms with E-state index in [1.165, 1.54) is 25.2 Å². The Bertz CT molecular complexity index is 1230. The molecule has 36 heavy (non-hydrogen) atoms. The molecule has 4 rings (SSSR count). The topological polar surface area (TPSA) is 107 Å². The zero-order chi connectivity index (χ0) is 31.0. The Morgan fingerprint density at radius 2 is 2.00 bits per heavy atom. The molecule has 0 amide bonds. The second-order valence-electron chi connectivity index (χ2n) is 11.1. The molecule has 4 aliphatic rings. The summed E-state index contributed by atoms with van der Waals surface area (Å²) in [5.41, 5.74) is -6.13. The lowest BCUT2D eigenvalue weighted by atomic mass is 9.44. The minimum atomic E-state index is -3.39. The maximum absolute atomic E-state index is 17.5. The van der Waals surface area contributed by atoms with Gasteiger partial charge in [-0.25, -0.2) is 4.39 Å². The third-order valence-electron chi connectivity index (χ3n) is 9.60. The van der Waals surface area contributed by atoms with Gasteiger partial charge in [-0.3, -0.25) is 19.2 Å². The van der Waals surface area contributed by atoms with E-state index in [2.05, 4.69) is 0 Å². The summed E-state index contributed by atoms with van der Waals surface area (Å²) in [6.45, 7) is 2.08. The summed E-state index contributed by atoms with van der Waals surface area (Å²) in [6.07, 6.45) is -0.255. The molecule has 0 unspecified atom stereocenters. The number of esters is 2. The van der Waals surface area contributed by atoms with Crippen LogP contribution >= 0.6 is 0 Å². The highest BCUT2D eigenvalue weighted by molar-refractivity contribution is 6.01. The first-order chi connectivity index (χ1) is 18.7. The van der Waals surface area contributed by atoms with E-state index in [1.807, 2.05) is 0 Å². The molecule has 0 radical (unpaired) electrons. The van der Waals surface area contributed by atoms with Crippen LogP contribution in [0.25, 0.3) is 0 Å². The molecule has 8 atom stereocenters. The van der Waals surface area contributed by atoms with Crippen molar-refractivity contribution in [3.63, 3.8) is 0 Å². The molecule has 0 bridgehead atoms. The van der Waals surface area contributed by atoms with Crippen molar-refractivity contribution in [2.75, 3.05) is 6.61 Å². The fraction of sp³-hybridized carbons (Fsp3) is 0.714. The zero-order valence-corrected chi connectivity index (χ0v) is 21.1. The number of halogens is 1. The molecule has 0 spiro atoms. The van der Waals surface area contributed by atoms with Gasteiger partial charge in [-0.05, 0) is 50.7 Å². The standard InChI is InChI=1S/C28H37FO7/c1-6-23(33)35-15-22(32)28(36-24(34)7-2)16(3)12-20-19-9-8-17-13-18(30)10-11-25(17,4)27(19,29)21(31)14-26(20,28)5/h10-11,13,16,19-21,31H,6-9,12,14-15H2,1-5H3/t16-,19-,20-,21-,25-,26-,27-,28-/m0/s1/i1D3,6D2. The minimum Gasteiger partial charge on any atom is -0.457 e. The van der Waals surface area contributed by atoms with E-state index < -0.39 is 83.5 Å². The van der Waals surface area contributed by atoms with Crippen LogP contribution in [0.3, 0.4) is 0 Å². The van der Waals surface area contributed by atoms with E-state index in [0.717, 1.165) is 0 Å². The SMILES string of the molecule is [2H]C([2H])([2H])C([2H])([2H])C(=O)OCC(=O)[C@@]1(OC(=O)CC)[C@@H](C)C[C@H]2[C@@H]3CCC4=CC(=O)C=C[C@]4(C)[C@@]3(F)[C@@H](O)C[C@@]21C. The van der Waals surface area contributed by atoms with Crippen molar-refractivity contribution in [2.24, 2.45) is 28.6 Å². The average Bonchev–Trinajstić information content (AvgIpc) is 3.09. The second kappa shape index (κ2) is 8.89. The summed E-state index contributed by atoms with van der Waals surface area (Å²) >= 11 is 0. The van der Waals surface area contributed by atoms with Crippen LogP contribution in [-0.4, -0.2) is 52.6 Å². The van der Waals surface area contributed by atoms with Crippen LogP contribution in [-0.2, 0) is 28.7 Å². The van der Waals surface area contributed by atoms with Gasteiger partial charge in [0.25, 0.3) is 0 Å². The maximum atomic E-state index is 17.5. The molecule has 198 valence electrons. The van der Waals surface area contributed by atoms with Gasteiger partial charge in [-0.1, -0.05) is 39.3 Å². The van der Waals surface area contributed by atoms with Gasteiger partial charge in [0.2, 0.25) is 5.78 Å². The maximum Gasteiger partial charge on any atom is 0.306 e. The largest absolute Gasteiger partial charge is 0.457 e. The van der Waals surface area contributed by atoms with Crippen molar-refractivity contribution in [3.8, 4) is 0 Å².